The van der Waals surface area contributed by atoms with Crippen molar-refractivity contribution in [2.75, 3.05) is 14.2 Å². The summed E-state index contributed by atoms with van der Waals surface area (Å²) in [7, 11) is 2.68. The minimum absolute atomic E-state index is 0.0834. The molecule has 0 aliphatic carbocycles. The first-order valence-electron chi connectivity index (χ1n) is 12.4. The molecule has 12 heteroatoms. The van der Waals surface area contributed by atoms with E-state index in [9.17, 15) is 19.2 Å². The number of amides is 3. The molecular formula is C27H42N4O8. The molecule has 0 saturated heterocycles. The Hall–Kier alpha value is -3.83. The number of methoxy groups -OCH3 is 1. The highest BCUT2D eigenvalue weighted by molar-refractivity contribution is 6.02. The minimum Gasteiger partial charge on any atom is -0.467 e. The molecule has 2 N–H and O–H groups in total. The Balaban J connectivity index is 3.29. The Morgan fingerprint density at radius 1 is 0.846 bits per heavy atom. The number of alkyl carbamates (subject to hydrolysis) is 2. The zero-order valence-corrected chi connectivity index (χ0v) is 24.8. The topological polar surface area (TPSA) is 145 Å². The molecule has 0 saturated carbocycles. The van der Waals surface area contributed by atoms with Crippen molar-refractivity contribution in [2.45, 2.75) is 91.6 Å². The SMILES string of the molecule is COC(=O)[C@@H](Cc1cccc(N=C(NC(=O)OC(C)(C)C)NC(=O)OC(C)(C)C)c1)N(C)C(=O)OC(C)(C)C. The van der Waals surface area contributed by atoms with E-state index in [2.05, 4.69) is 15.6 Å². The van der Waals surface area contributed by atoms with E-state index in [1.165, 1.54) is 19.1 Å². The smallest absolute Gasteiger partial charge is 0.414 e. The fourth-order valence-electron chi connectivity index (χ4n) is 2.97. The molecule has 0 heterocycles. The third kappa shape index (κ3) is 13.5. The summed E-state index contributed by atoms with van der Waals surface area (Å²) < 4.78 is 20.8. The molecule has 0 aliphatic heterocycles. The average molecular weight is 551 g/mol. The van der Waals surface area contributed by atoms with Crippen LogP contribution in [0.3, 0.4) is 0 Å². The van der Waals surface area contributed by atoms with Crippen molar-refractivity contribution >= 4 is 35.9 Å². The molecule has 0 fully saturated rings. The Labute approximate surface area is 230 Å². The van der Waals surface area contributed by atoms with E-state index in [1.54, 1.807) is 86.6 Å². The number of ether oxygens (including phenoxy) is 4. The molecule has 0 aromatic heterocycles. The predicted molar refractivity (Wildman–Crippen MR) is 146 cm³/mol. The predicted octanol–water partition coefficient (Wildman–Crippen LogP) is 4.67. The molecule has 1 rings (SSSR count). The van der Waals surface area contributed by atoms with Crippen LogP contribution in [-0.2, 0) is 30.2 Å². The van der Waals surface area contributed by atoms with Crippen molar-refractivity contribution in [2.24, 2.45) is 4.99 Å². The highest BCUT2D eigenvalue weighted by Crippen LogP contribution is 2.19. The number of esters is 1. The van der Waals surface area contributed by atoms with Gasteiger partial charge < -0.3 is 18.9 Å². The lowest BCUT2D eigenvalue weighted by atomic mass is 10.0. The second kappa shape index (κ2) is 13.3. The van der Waals surface area contributed by atoms with E-state index in [0.717, 1.165) is 0 Å². The van der Waals surface area contributed by atoms with Crippen molar-refractivity contribution in [1.82, 2.24) is 15.5 Å². The lowest BCUT2D eigenvalue weighted by Crippen LogP contribution is -2.47. The summed E-state index contributed by atoms with van der Waals surface area (Å²) in [5.74, 6) is -0.859. The van der Waals surface area contributed by atoms with Crippen LogP contribution in [0.25, 0.3) is 0 Å². The van der Waals surface area contributed by atoms with Gasteiger partial charge in [-0.05, 0) is 80.0 Å². The van der Waals surface area contributed by atoms with Crippen LogP contribution in [0.1, 0.15) is 67.9 Å². The number of carbonyl (C=O) groups excluding carboxylic acids is 4. The van der Waals surface area contributed by atoms with Crippen LogP contribution in [0.5, 0.6) is 0 Å². The molecule has 0 bridgehead atoms. The number of hydrogen-bond donors (Lipinski definition) is 2. The highest BCUT2D eigenvalue weighted by atomic mass is 16.6. The Morgan fingerprint density at radius 2 is 1.33 bits per heavy atom. The summed E-state index contributed by atoms with van der Waals surface area (Å²) in [6, 6.07) is 5.69. The van der Waals surface area contributed by atoms with Crippen molar-refractivity contribution in [1.29, 1.82) is 0 Å². The van der Waals surface area contributed by atoms with Crippen molar-refractivity contribution in [3.63, 3.8) is 0 Å². The van der Waals surface area contributed by atoms with Crippen LogP contribution in [-0.4, -0.2) is 72.1 Å². The number of aliphatic imine (C=N–C) groups is 1. The third-order valence-electron chi connectivity index (χ3n) is 4.44. The molecule has 12 nitrogen and oxygen atoms in total. The van der Waals surface area contributed by atoms with Crippen molar-refractivity contribution in [3.05, 3.63) is 29.8 Å². The Kier molecular flexibility index (Phi) is 11.3. The zero-order valence-electron chi connectivity index (χ0n) is 24.8. The number of rotatable bonds is 5. The summed E-state index contributed by atoms with van der Waals surface area (Å²) in [6.45, 7) is 15.3. The summed E-state index contributed by atoms with van der Waals surface area (Å²) >= 11 is 0. The summed E-state index contributed by atoms with van der Waals surface area (Å²) in [5.41, 5.74) is -1.37. The molecule has 0 aliphatic rings. The molecule has 3 amide bonds. The van der Waals surface area contributed by atoms with Crippen LogP contribution in [0.15, 0.2) is 29.3 Å². The Bertz CT molecular complexity index is 1030. The van der Waals surface area contributed by atoms with Crippen LogP contribution in [0.2, 0.25) is 0 Å². The summed E-state index contributed by atoms with van der Waals surface area (Å²) in [6.07, 6.45) is -2.27. The zero-order chi connectivity index (χ0) is 30.2. The molecule has 39 heavy (non-hydrogen) atoms. The van der Waals surface area contributed by atoms with Crippen molar-refractivity contribution < 1.29 is 38.1 Å². The van der Waals surface area contributed by atoms with E-state index in [1.807, 2.05) is 0 Å². The van der Waals surface area contributed by atoms with Gasteiger partial charge in [0.25, 0.3) is 0 Å². The minimum atomic E-state index is -0.983. The van der Waals surface area contributed by atoms with Crippen LogP contribution < -0.4 is 10.6 Å². The van der Waals surface area contributed by atoms with Gasteiger partial charge in [-0.25, -0.2) is 24.2 Å². The van der Waals surface area contributed by atoms with Crippen LogP contribution in [0, 0.1) is 0 Å². The van der Waals surface area contributed by atoms with E-state index in [-0.39, 0.29) is 12.4 Å². The monoisotopic (exact) mass is 550 g/mol. The maximum Gasteiger partial charge on any atom is 0.414 e. The molecule has 0 spiro atoms. The fraction of sp³-hybridized carbons (Fsp3) is 0.593. The first kappa shape index (κ1) is 33.2. The van der Waals surface area contributed by atoms with Gasteiger partial charge in [-0.1, -0.05) is 12.1 Å². The number of benzene rings is 1. The van der Waals surface area contributed by atoms with Crippen LogP contribution in [0.4, 0.5) is 20.1 Å². The molecule has 218 valence electrons. The second-order valence-corrected chi connectivity index (χ2v) is 11.7. The van der Waals surface area contributed by atoms with Gasteiger partial charge >= 0.3 is 24.2 Å². The summed E-state index contributed by atoms with van der Waals surface area (Å²) in [4.78, 5) is 55.4. The number of nitrogens with zero attached hydrogens (tertiary/aromatic N) is 2. The molecule has 0 radical (unpaired) electrons. The summed E-state index contributed by atoms with van der Waals surface area (Å²) in [5, 5.41) is 4.83. The number of nitrogens with one attached hydrogen (secondary N) is 2. The fourth-order valence-corrected chi connectivity index (χ4v) is 2.97. The van der Waals surface area contributed by atoms with Crippen molar-refractivity contribution in [3.8, 4) is 0 Å². The van der Waals surface area contributed by atoms with E-state index in [0.29, 0.717) is 11.3 Å². The van der Waals surface area contributed by atoms with Gasteiger partial charge in [0.15, 0.2) is 0 Å². The number of likely N-dealkylation sites (N-methyl/N-ethyl adjacent to an activating group) is 1. The maximum absolute atomic E-state index is 12.6. The second-order valence-electron chi connectivity index (χ2n) is 11.7. The van der Waals surface area contributed by atoms with E-state index < -0.39 is 47.1 Å². The number of hydrogen-bond acceptors (Lipinski definition) is 9. The number of guanidine groups is 1. The molecule has 1 atom stereocenters. The maximum atomic E-state index is 12.6. The van der Waals surface area contributed by atoms with Gasteiger partial charge in [-0.2, -0.15) is 0 Å². The van der Waals surface area contributed by atoms with Gasteiger partial charge in [0, 0.05) is 13.5 Å². The normalized spacial score (nSPS) is 12.4. The lowest BCUT2D eigenvalue weighted by Gasteiger charge is -2.29. The lowest BCUT2D eigenvalue weighted by molar-refractivity contribution is -0.146. The molecule has 1 aromatic rings. The van der Waals surface area contributed by atoms with Gasteiger partial charge in [0.1, 0.15) is 22.8 Å². The number of carbonyl (C=O) groups is 4. The highest BCUT2D eigenvalue weighted by Gasteiger charge is 2.31. The molecule has 1 aromatic carbocycles. The first-order chi connectivity index (χ1) is 17.7. The third-order valence-corrected chi connectivity index (χ3v) is 4.44. The van der Waals surface area contributed by atoms with E-state index >= 15 is 0 Å². The standard InChI is InChI=1S/C27H42N4O8/c1-25(2,3)37-22(33)29-21(30-23(34)38-26(4,5)6)28-18-14-12-13-17(15-18)16-19(20(32)36-11)31(10)24(35)39-27(7,8)9/h12-15,19H,16H2,1-11H3,(H2,28,29,30,33,34)/t19-/m1/s1. The van der Waals surface area contributed by atoms with Gasteiger partial charge in [-0.3, -0.25) is 15.5 Å². The molecule has 0 unspecified atom stereocenters. The first-order valence-corrected chi connectivity index (χ1v) is 12.4. The van der Waals surface area contributed by atoms with Gasteiger partial charge in [-0.15, -0.1) is 0 Å². The van der Waals surface area contributed by atoms with Crippen LogP contribution >= 0.6 is 0 Å². The molecular weight excluding hydrogens is 508 g/mol. The average Bonchev–Trinajstić information content (AvgIpc) is 2.72. The Morgan fingerprint density at radius 3 is 1.77 bits per heavy atom. The quantitative estimate of drug-likeness (QED) is 0.233. The largest absolute Gasteiger partial charge is 0.467 e. The van der Waals surface area contributed by atoms with E-state index in [4.69, 9.17) is 18.9 Å². The van der Waals surface area contributed by atoms with Gasteiger partial charge in [0.2, 0.25) is 5.96 Å². The van der Waals surface area contributed by atoms with Gasteiger partial charge in [0.05, 0.1) is 12.8 Å².